The first-order valence-electron chi connectivity index (χ1n) is 4.88. The van der Waals surface area contributed by atoms with Gasteiger partial charge in [0.05, 0.1) is 6.04 Å². The van der Waals surface area contributed by atoms with E-state index >= 15 is 0 Å². The largest absolute Gasteiger partial charge is 0.368 e. The molecule has 3 N–H and O–H groups in total. The summed E-state index contributed by atoms with van der Waals surface area (Å²) < 4.78 is 0. The number of benzene rings is 1. The van der Waals surface area contributed by atoms with Gasteiger partial charge in [-0.1, -0.05) is 18.2 Å². The van der Waals surface area contributed by atoms with Crippen LogP contribution in [0.1, 0.15) is 6.42 Å². The van der Waals surface area contributed by atoms with Crippen LogP contribution in [0.25, 0.3) is 0 Å². The van der Waals surface area contributed by atoms with Gasteiger partial charge in [-0.3, -0.25) is 4.79 Å². The number of likely N-dealkylation sites (N-methyl/N-ethyl adjacent to an activating group) is 1. The van der Waals surface area contributed by atoms with Crippen LogP contribution in [0, 0.1) is 0 Å². The van der Waals surface area contributed by atoms with Crippen molar-refractivity contribution in [2.45, 2.75) is 17.4 Å². The van der Waals surface area contributed by atoms with E-state index in [9.17, 15) is 4.79 Å². The zero-order chi connectivity index (χ0) is 11.1. The van der Waals surface area contributed by atoms with Gasteiger partial charge in [-0.15, -0.1) is 11.8 Å². The molecule has 0 saturated carbocycles. The van der Waals surface area contributed by atoms with Crippen molar-refractivity contribution >= 4 is 17.7 Å². The Hall–Kier alpha value is -1.00. The van der Waals surface area contributed by atoms with Gasteiger partial charge < -0.3 is 11.1 Å². The smallest absolute Gasteiger partial charge is 0.234 e. The summed E-state index contributed by atoms with van der Waals surface area (Å²) in [6, 6.07) is 9.90. The Labute approximate surface area is 94.4 Å². The van der Waals surface area contributed by atoms with Crippen LogP contribution in [0.3, 0.4) is 0 Å². The van der Waals surface area contributed by atoms with Crippen LogP contribution in [-0.4, -0.2) is 24.7 Å². The van der Waals surface area contributed by atoms with E-state index in [1.807, 2.05) is 18.2 Å². The average Bonchev–Trinajstić information content (AvgIpc) is 2.25. The van der Waals surface area contributed by atoms with Gasteiger partial charge in [0.2, 0.25) is 5.91 Å². The number of amides is 1. The number of hydrogen-bond donors (Lipinski definition) is 2. The molecule has 0 aliphatic heterocycles. The Morgan fingerprint density at radius 3 is 2.67 bits per heavy atom. The number of hydrogen-bond acceptors (Lipinski definition) is 3. The summed E-state index contributed by atoms with van der Waals surface area (Å²) >= 11 is 1.73. The summed E-state index contributed by atoms with van der Waals surface area (Å²) in [5.41, 5.74) is 5.22. The van der Waals surface area contributed by atoms with E-state index in [0.717, 1.165) is 12.2 Å². The lowest BCUT2D eigenvalue weighted by Crippen LogP contribution is -2.39. The molecular formula is C11H16N2OS. The number of rotatable bonds is 6. The van der Waals surface area contributed by atoms with Crippen LogP contribution in [0.5, 0.6) is 0 Å². The highest BCUT2D eigenvalue weighted by Gasteiger charge is 2.11. The van der Waals surface area contributed by atoms with E-state index in [1.54, 1.807) is 18.8 Å². The number of carbonyl (C=O) groups is 1. The summed E-state index contributed by atoms with van der Waals surface area (Å²) in [6.45, 7) is 0. The van der Waals surface area contributed by atoms with E-state index in [2.05, 4.69) is 17.4 Å². The number of primary amides is 1. The van der Waals surface area contributed by atoms with Gasteiger partial charge in [0.15, 0.2) is 0 Å². The third-order valence-corrected chi connectivity index (χ3v) is 3.16. The summed E-state index contributed by atoms with van der Waals surface area (Å²) in [4.78, 5) is 12.1. The fourth-order valence-electron chi connectivity index (χ4n) is 1.24. The van der Waals surface area contributed by atoms with E-state index in [4.69, 9.17) is 5.73 Å². The van der Waals surface area contributed by atoms with Crippen molar-refractivity contribution < 1.29 is 4.79 Å². The maximum Gasteiger partial charge on any atom is 0.234 e. The molecule has 82 valence electrons. The first kappa shape index (κ1) is 12.1. The van der Waals surface area contributed by atoms with Crippen molar-refractivity contribution in [2.24, 2.45) is 5.73 Å². The highest BCUT2D eigenvalue weighted by atomic mass is 32.2. The molecular weight excluding hydrogens is 208 g/mol. The van der Waals surface area contributed by atoms with Gasteiger partial charge in [0.1, 0.15) is 0 Å². The predicted octanol–water partition coefficient (Wildman–Crippen LogP) is 1.24. The molecule has 1 aromatic rings. The average molecular weight is 224 g/mol. The molecule has 0 bridgehead atoms. The molecule has 0 fully saturated rings. The SMILES string of the molecule is CNC(CCSc1ccccc1)C(N)=O. The van der Waals surface area contributed by atoms with Gasteiger partial charge in [0.25, 0.3) is 0 Å². The number of carbonyl (C=O) groups excluding carboxylic acids is 1. The third kappa shape index (κ3) is 4.36. The fourth-order valence-corrected chi connectivity index (χ4v) is 2.18. The summed E-state index contributed by atoms with van der Waals surface area (Å²) in [5, 5.41) is 2.90. The molecule has 1 rings (SSSR count). The highest BCUT2D eigenvalue weighted by Crippen LogP contribution is 2.18. The lowest BCUT2D eigenvalue weighted by atomic mass is 10.2. The predicted molar refractivity (Wildman–Crippen MR) is 63.8 cm³/mol. The second kappa shape index (κ2) is 6.48. The topological polar surface area (TPSA) is 55.1 Å². The van der Waals surface area contributed by atoms with E-state index in [-0.39, 0.29) is 11.9 Å². The molecule has 1 atom stereocenters. The van der Waals surface area contributed by atoms with Crippen molar-refractivity contribution in [2.75, 3.05) is 12.8 Å². The van der Waals surface area contributed by atoms with Crippen molar-refractivity contribution in [3.8, 4) is 0 Å². The van der Waals surface area contributed by atoms with Gasteiger partial charge in [0, 0.05) is 4.90 Å². The molecule has 3 nitrogen and oxygen atoms in total. The van der Waals surface area contributed by atoms with Crippen LogP contribution in [0.15, 0.2) is 35.2 Å². The molecule has 0 aromatic heterocycles. The van der Waals surface area contributed by atoms with Crippen molar-refractivity contribution in [1.29, 1.82) is 0 Å². The molecule has 0 heterocycles. The number of nitrogens with one attached hydrogen (secondary N) is 1. The lowest BCUT2D eigenvalue weighted by molar-refractivity contribution is -0.119. The van der Waals surface area contributed by atoms with Crippen LogP contribution >= 0.6 is 11.8 Å². The normalized spacial score (nSPS) is 12.3. The summed E-state index contributed by atoms with van der Waals surface area (Å²) in [5.74, 6) is 0.601. The molecule has 0 radical (unpaired) electrons. The molecule has 0 saturated heterocycles. The molecule has 15 heavy (non-hydrogen) atoms. The molecule has 1 amide bonds. The molecule has 0 aliphatic rings. The Kier molecular flexibility index (Phi) is 5.21. The Morgan fingerprint density at radius 1 is 1.47 bits per heavy atom. The maximum atomic E-state index is 10.9. The van der Waals surface area contributed by atoms with Gasteiger partial charge >= 0.3 is 0 Å². The zero-order valence-electron chi connectivity index (χ0n) is 8.77. The lowest BCUT2D eigenvalue weighted by Gasteiger charge is -2.11. The standard InChI is InChI=1S/C11H16N2OS/c1-13-10(11(12)14)7-8-15-9-5-3-2-4-6-9/h2-6,10,13H,7-8H2,1H3,(H2,12,14). The zero-order valence-corrected chi connectivity index (χ0v) is 9.59. The molecule has 1 unspecified atom stereocenters. The number of nitrogens with two attached hydrogens (primary N) is 1. The Balaban J connectivity index is 2.30. The highest BCUT2D eigenvalue weighted by molar-refractivity contribution is 7.99. The second-order valence-corrected chi connectivity index (χ2v) is 4.36. The first-order chi connectivity index (χ1) is 7.24. The summed E-state index contributed by atoms with van der Waals surface area (Å²) in [7, 11) is 1.75. The van der Waals surface area contributed by atoms with Crippen molar-refractivity contribution in [1.82, 2.24) is 5.32 Å². The minimum Gasteiger partial charge on any atom is -0.368 e. The third-order valence-electron chi connectivity index (χ3n) is 2.11. The minimum absolute atomic E-state index is 0.221. The quantitative estimate of drug-likeness (QED) is 0.715. The van der Waals surface area contributed by atoms with Crippen LogP contribution in [0.2, 0.25) is 0 Å². The fraction of sp³-hybridized carbons (Fsp3) is 0.364. The molecule has 0 spiro atoms. The molecule has 0 aliphatic carbocycles. The van der Waals surface area contributed by atoms with Gasteiger partial charge in [-0.05, 0) is 31.4 Å². The first-order valence-corrected chi connectivity index (χ1v) is 5.87. The Bertz CT molecular complexity index is 303. The van der Waals surface area contributed by atoms with Crippen LogP contribution < -0.4 is 11.1 Å². The van der Waals surface area contributed by atoms with Crippen LogP contribution in [0.4, 0.5) is 0 Å². The van der Waals surface area contributed by atoms with E-state index in [1.165, 1.54) is 4.90 Å². The van der Waals surface area contributed by atoms with Gasteiger partial charge in [-0.2, -0.15) is 0 Å². The van der Waals surface area contributed by atoms with E-state index < -0.39 is 0 Å². The summed E-state index contributed by atoms with van der Waals surface area (Å²) in [6.07, 6.45) is 0.755. The maximum absolute atomic E-state index is 10.9. The van der Waals surface area contributed by atoms with E-state index in [0.29, 0.717) is 0 Å². The molecule has 1 aromatic carbocycles. The Morgan fingerprint density at radius 2 is 2.13 bits per heavy atom. The van der Waals surface area contributed by atoms with Crippen molar-refractivity contribution in [3.63, 3.8) is 0 Å². The van der Waals surface area contributed by atoms with Crippen LogP contribution in [-0.2, 0) is 4.79 Å². The van der Waals surface area contributed by atoms with Gasteiger partial charge in [-0.25, -0.2) is 0 Å². The van der Waals surface area contributed by atoms with Crippen molar-refractivity contribution in [3.05, 3.63) is 30.3 Å². The monoisotopic (exact) mass is 224 g/mol. The second-order valence-electron chi connectivity index (χ2n) is 3.19. The molecule has 4 heteroatoms. The minimum atomic E-state index is -0.286. The number of thioether (sulfide) groups is 1.